The molecule has 0 bridgehead atoms. The molecule has 0 aliphatic carbocycles. The number of hydrogen-bond donors (Lipinski definition) is 1. The van der Waals surface area contributed by atoms with E-state index in [0.717, 1.165) is 36.4 Å². The van der Waals surface area contributed by atoms with Crippen LogP contribution in [0.2, 0.25) is 0 Å². The summed E-state index contributed by atoms with van der Waals surface area (Å²) >= 11 is 0. The molecule has 1 aromatic heterocycles. The largest absolute Gasteiger partial charge is 0.439 e. The molecule has 0 atom stereocenters. The standard InChI is InChI=1S/C16H21N3O/c1-4-7-14-18-15(17)11(3)16(19-14)20-13-9-6-8-12(5-2)10-13/h6,8-10H,4-5,7H2,1-3H3,(H2,17,18,19). The smallest absolute Gasteiger partial charge is 0.227 e. The van der Waals surface area contributed by atoms with E-state index < -0.39 is 0 Å². The van der Waals surface area contributed by atoms with Crippen molar-refractivity contribution < 1.29 is 4.74 Å². The van der Waals surface area contributed by atoms with Crippen LogP contribution in [-0.4, -0.2) is 9.97 Å². The van der Waals surface area contributed by atoms with Crippen LogP contribution in [0.15, 0.2) is 24.3 Å². The molecule has 0 aliphatic heterocycles. The van der Waals surface area contributed by atoms with Gasteiger partial charge in [0.05, 0.1) is 5.56 Å². The lowest BCUT2D eigenvalue weighted by atomic mass is 10.2. The Morgan fingerprint density at radius 1 is 1.20 bits per heavy atom. The molecule has 0 fully saturated rings. The maximum absolute atomic E-state index is 5.93. The van der Waals surface area contributed by atoms with E-state index in [1.807, 2.05) is 25.1 Å². The molecular formula is C16H21N3O. The van der Waals surface area contributed by atoms with E-state index >= 15 is 0 Å². The van der Waals surface area contributed by atoms with Crippen LogP contribution in [0.5, 0.6) is 11.6 Å². The minimum atomic E-state index is 0.491. The fourth-order valence-corrected chi connectivity index (χ4v) is 1.93. The number of rotatable bonds is 5. The Balaban J connectivity index is 2.31. The van der Waals surface area contributed by atoms with Crippen molar-refractivity contribution in [2.45, 2.75) is 40.0 Å². The van der Waals surface area contributed by atoms with Gasteiger partial charge in [0.25, 0.3) is 0 Å². The predicted octanol–water partition coefficient (Wildman–Crippen LogP) is 3.67. The highest BCUT2D eigenvalue weighted by molar-refractivity contribution is 5.46. The van der Waals surface area contributed by atoms with Crippen LogP contribution >= 0.6 is 0 Å². The third-order valence-electron chi connectivity index (χ3n) is 3.18. The number of ether oxygens (including phenoxy) is 1. The van der Waals surface area contributed by atoms with Crippen molar-refractivity contribution in [1.82, 2.24) is 9.97 Å². The van der Waals surface area contributed by atoms with Crippen molar-refractivity contribution in [2.24, 2.45) is 0 Å². The summed E-state index contributed by atoms with van der Waals surface area (Å²) in [6.07, 6.45) is 2.76. The second kappa shape index (κ2) is 6.37. The molecule has 0 amide bonds. The van der Waals surface area contributed by atoms with Gasteiger partial charge in [0.15, 0.2) is 0 Å². The number of aryl methyl sites for hydroxylation is 2. The van der Waals surface area contributed by atoms with Crippen LogP contribution in [0, 0.1) is 6.92 Å². The van der Waals surface area contributed by atoms with Gasteiger partial charge in [-0.3, -0.25) is 0 Å². The van der Waals surface area contributed by atoms with Gasteiger partial charge in [0, 0.05) is 6.42 Å². The van der Waals surface area contributed by atoms with Gasteiger partial charge in [-0.15, -0.1) is 0 Å². The molecule has 4 heteroatoms. The number of hydrogen-bond acceptors (Lipinski definition) is 4. The van der Waals surface area contributed by atoms with Gasteiger partial charge in [-0.2, -0.15) is 4.98 Å². The van der Waals surface area contributed by atoms with Crippen molar-refractivity contribution in [3.8, 4) is 11.6 Å². The zero-order valence-corrected chi connectivity index (χ0v) is 12.3. The molecule has 0 saturated heterocycles. The molecule has 2 rings (SSSR count). The first-order valence-electron chi connectivity index (χ1n) is 7.03. The molecule has 1 aromatic carbocycles. The normalized spacial score (nSPS) is 10.6. The van der Waals surface area contributed by atoms with Crippen molar-refractivity contribution in [3.63, 3.8) is 0 Å². The molecule has 20 heavy (non-hydrogen) atoms. The summed E-state index contributed by atoms with van der Waals surface area (Å²) in [7, 11) is 0. The number of nitrogen functional groups attached to an aromatic ring is 1. The van der Waals surface area contributed by atoms with Crippen LogP contribution in [0.3, 0.4) is 0 Å². The van der Waals surface area contributed by atoms with Gasteiger partial charge < -0.3 is 10.5 Å². The topological polar surface area (TPSA) is 61.0 Å². The number of benzene rings is 1. The first-order chi connectivity index (χ1) is 9.63. The third-order valence-corrected chi connectivity index (χ3v) is 3.18. The molecule has 106 valence electrons. The second-order valence-electron chi connectivity index (χ2n) is 4.81. The first-order valence-corrected chi connectivity index (χ1v) is 7.03. The van der Waals surface area contributed by atoms with Gasteiger partial charge in [0.1, 0.15) is 17.4 Å². The lowest BCUT2D eigenvalue weighted by Gasteiger charge is -2.11. The SMILES string of the molecule is CCCc1nc(N)c(C)c(Oc2cccc(CC)c2)n1. The number of anilines is 1. The predicted molar refractivity (Wildman–Crippen MR) is 81.1 cm³/mol. The highest BCUT2D eigenvalue weighted by Crippen LogP contribution is 2.26. The summed E-state index contributed by atoms with van der Waals surface area (Å²) in [5, 5.41) is 0. The summed E-state index contributed by atoms with van der Waals surface area (Å²) in [6.45, 7) is 6.08. The van der Waals surface area contributed by atoms with Crippen LogP contribution in [0.1, 0.15) is 37.2 Å². The maximum Gasteiger partial charge on any atom is 0.227 e. The molecular weight excluding hydrogens is 250 g/mol. The van der Waals surface area contributed by atoms with Crippen molar-refractivity contribution in [2.75, 3.05) is 5.73 Å². The van der Waals surface area contributed by atoms with E-state index in [1.165, 1.54) is 5.56 Å². The highest BCUT2D eigenvalue weighted by Gasteiger charge is 2.10. The average Bonchev–Trinajstić information content (AvgIpc) is 2.45. The zero-order chi connectivity index (χ0) is 14.5. The first kappa shape index (κ1) is 14.3. The minimum Gasteiger partial charge on any atom is -0.439 e. The quantitative estimate of drug-likeness (QED) is 0.901. The van der Waals surface area contributed by atoms with Crippen molar-refractivity contribution in [1.29, 1.82) is 0 Å². The van der Waals surface area contributed by atoms with E-state index in [1.54, 1.807) is 0 Å². The molecule has 2 N–H and O–H groups in total. The molecule has 0 radical (unpaired) electrons. The van der Waals surface area contributed by atoms with Crippen molar-refractivity contribution >= 4 is 5.82 Å². The monoisotopic (exact) mass is 271 g/mol. The zero-order valence-electron chi connectivity index (χ0n) is 12.3. The van der Waals surface area contributed by atoms with Crippen LogP contribution < -0.4 is 10.5 Å². The summed E-state index contributed by atoms with van der Waals surface area (Å²) in [5.74, 6) is 2.56. The summed E-state index contributed by atoms with van der Waals surface area (Å²) in [4.78, 5) is 8.75. The van der Waals surface area contributed by atoms with Crippen LogP contribution in [-0.2, 0) is 12.8 Å². The molecule has 0 aliphatic rings. The van der Waals surface area contributed by atoms with E-state index in [9.17, 15) is 0 Å². The van der Waals surface area contributed by atoms with Gasteiger partial charge in [-0.1, -0.05) is 26.0 Å². The Bertz CT molecular complexity index is 596. The Morgan fingerprint density at radius 2 is 2.00 bits per heavy atom. The van der Waals surface area contributed by atoms with Crippen LogP contribution in [0.4, 0.5) is 5.82 Å². The van der Waals surface area contributed by atoms with E-state index in [4.69, 9.17) is 10.5 Å². The summed E-state index contributed by atoms with van der Waals surface area (Å²) < 4.78 is 5.89. The van der Waals surface area contributed by atoms with Gasteiger partial charge in [0.2, 0.25) is 5.88 Å². The molecule has 1 heterocycles. The van der Waals surface area contributed by atoms with Gasteiger partial charge >= 0.3 is 0 Å². The molecule has 0 saturated carbocycles. The molecule has 4 nitrogen and oxygen atoms in total. The van der Waals surface area contributed by atoms with E-state index in [2.05, 4.69) is 29.9 Å². The second-order valence-corrected chi connectivity index (χ2v) is 4.81. The summed E-state index contributed by atoms with van der Waals surface area (Å²) in [5.41, 5.74) is 7.95. The third kappa shape index (κ3) is 3.26. The Morgan fingerprint density at radius 3 is 2.70 bits per heavy atom. The number of aromatic nitrogens is 2. The Kier molecular flexibility index (Phi) is 4.56. The lowest BCUT2D eigenvalue weighted by Crippen LogP contribution is -2.05. The summed E-state index contributed by atoms with van der Waals surface area (Å²) in [6, 6.07) is 8.02. The minimum absolute atomic E-state index is 0.491. The van der Waals surface area contributed by atoms with E-state index in [0.29, 0.717) is 11.7 Å². The van der Waals surface area contributed by atoms with Gasteiger partial charge in [-0.05, 0) is 37.5 Å². The fraction of sp³-hybridized carbons (Fsp3) is 0.375. The highest BCUT2D eigenvalue weighted by atomic mass is 16.5. The Labute approximate surface area is 120 Å². The molecule has 2 aromatic rings. The number of nitrogens with zero attached hydrogens (tertiary/aromatic N) is 2. The molecule has 0 unspecified atom stereocenters. The van der Waals surface area contributed by atoms with Crippen molar-refractivity contribution in [3.05, 3.63) is 41.2 Å². The number of nitrogens with two attached hydrogens (primary N) is 1. The van der Waals surface area contributed by atoms with Gasteiger partial charge in [-0.25, -0.2) is 4.98 Å². The average molecular weight is 271 g/mol. The maximum atomic E-state index is 5.93. The molecule has 0 spiro atoms. The lowest BCUT2D eigenvalue weighted by molar-refractivity contribution is 0.454. The Hall–Kier alpha value is -2.10. The van der Waals surface area contributed by atoms with Crippen LogP contribution in [0.25, 0.3) is 0 Å². The van der Waals surface area contributed by atoms with E-state index in [-0.39, 0.29) is 0 Å². The fourth-order valence-electron chi connectivity index (χ4n) is 1.93.